The molecule has 1 amide bonds. The predicted molar refractivity (Wildman–Crippen MR) is 86.5 cm³/mol. The number of furan rings is 1. The monoisotopic (exact) mass is 363 g/mol. The molecule has 1 N–H and O–H groups in total. The zero-order valence-corrected chi connectivity index (χ0v) is 13.2. The molecule has 0 bridgehead atoms. The van der Waals surface area contributed by atoms with Crippen molar-refractivity contribution in [2.45, 2.75) is 6.54 Å². The lowest BCUT2D eigenvalue weighted by Gasteiger charge is -2.05. The smallest absolute Gasteiger partial charge is 0.287 e. The molecule has 1 aromatic heterocycles. The summed E-state index contributed by atoms with van der Waals surface area (Å²) < 4.78 is 6.48. The summed E-state index contributed by atoms with van der Waals surface area (Å²) in [5.74, 6) is 0.0254. The predicted octanol–water partition coefficient (Wildman–Crippen LogP) is 4.78. The van der Waals surface area contributed by atoms with Gasteiger partial charge < -0.3 is 9.73 Å². The molecule has 2 aromatic carbocycles. The number of hydrogen-bond donors (Lipinski definition) is 1. The Morgan fingerprint density at radius 3 is 2.81 bits per heavy atom. The van der Waals surface area contributed by atoms with E-state index >= 15 is 0 Å². The molecule has 0 saturated carbocycles. The normalized spacial score (nSPS) is 10.8. The van der Waals surface area contributed by atoms with Crippen LogP contribution >= 0.6 is 27.5 Å². The number of amides is 1. The Hall–Kier alpha value is -1.78. The Morgan fingerprint density at radius 1 is 1.19 bits per heavy atom. The van der Waals surface area contributed by atoms with E-state index in [0.717, 1.165) is 15.4 Å². The van der Waals surface area contributed by atoms with E-state index in [9.17, 15) is 4.79 Å². The first-order chi connectivity index (χ1) is 10.1. The summed E-state index contributed by atoms with van der Waals surface area (Å²) >= 11 is 9.37. The maximum atomic E-state index is 12.1. The van der Waals surface area contributed by atoms with Crippen LogP contribution in [0.4, 0.5) is 0 Å². The number of hydrogen-bond acceptors (Lipinski definition) is 2. The molecule has 0 spiro atoms. The molecule has 1 heterocycles. The van der Waals surface area contributed by atoms with E-state index in [1.165, 1.54) is 0 Å². The van der Waals surface area contributed by atoms with Crippen molar-refractivity contribution in [1.82, 2.24) is 5.32 Å². The van der Waals surface area contributed by atoms with Gasteiger partial charge in [-0.3, -0.25) is 4.79 Å². The number of halogens is 2. The lowest BCUT2D eigenvalue weighted by molar-refractivity contribution is 0.0925. The number of benzene rings is 2. The lowest BCUT2D eigenvalue weighted by Crippen LogP contribution is -2.22. The third-order valence-corrected chi connectivity index (χ3v) is 4.11. The molecule has 0 atom stereocenters. The molecule has 0 unspecified atom stereocenters. The van der Waals surface area contributed by atoms with Crippen LogP contribution in [0.1, 0.15) is 16.1 Å². The van der Waals surface area contributed by atoms with Crippen LogP contribution in [0.15, 0.2) is 57.4 Å². The van der Waals surface area contributed by atoms with E-state index in [1.807, 2.05) is 24.3 Å². The Morgan fingerprint density at radius 2 is 2.00 bits per heavy atom. The van der Waals surface area contributed by atoms with Crippen molar-refractivity contribution < 1.29 is 9.21 Å². The van der Waals surface area contributed by atoms with Crippen LogP contribution in [-0.4, -0.2) is 5.91 Å². The van der Waals surface area contributed by atoms with Gasteiger partial charge in [0.25, 0.3) is 5.91 Å². The second-order valence-electron chi connectivity index (χ2n) is 4.57. The van der Waals surface area contributed by atoms with Crippen LogP contribution < -0.4 is 5.32 Å². The maximum Gasteiger partial charge on any atom is 0.287 e. The molecule has 0 saturated heterocycles. The molecular weight excluding hydrogens is 354 g/mol. The number of carbonyl (C=O) groups excluding carboxylic acids is 1. The fraction of sp³-hybridized carbons (Fsp3) is 0.0625. The van der Waals surface area contributed by atoms with Crippen LogP contribution in [0, 0.1) is 0 Å². The van der Waals surface area contributed by atoms with Crippen molar-refractivity contribution in [3.63, 3.8) is 0 Å². The molecule has 21 heavy (non-hydrogen) atoms. The average Bonchev–Trinajstić information content (AvgIpc) is 2.89. The summed E-state index contributed by atoms with van der Waals surface area (Å²) in [5.41, 5.74) is 1.65. The number of fused-ring (bicyclic) bond motifs is 1. The quantitative estimate of drug-likeness (QED) is 0.727. The zero-order chi connectivity index (χ0) is 14.8. The van der Waals surface area contributed by atoms with E-state index in [-0.39, 0.29) is 11.7 Å². The Kier molecular flexibility index (Phi) is 3.99. The average molecular weight is 365 g/mol. The van der Waals surface area contributed by atoms with Gasteiger partial charge in [0.1, 0.15) is 5.58 Å². The van der Waals surface area contributed by atoms with Crippen LogP contribution in [0.25, 0.3) is 11.0 Å². The minimum Gasteiger partial charge on any atom is -0.451 e. The lowest BCUT2D eigenvalue weighted by atomic mass is 10.2. The first-order valence-corrected chi connectivity index (χ1v) is 7.51. The number of rotatable bonds is 3. The fourth-order valence-corrected chi connectivity index (χ4v) is 2.64. The van der Waals surface area contributed by atoms with Crippen LogP contribution in [0.3, 0.4) is 0 Å². The Bertz CT molecular complexity index is 813. The fourth-order valence-electron chi connectivity index (χ4n) is 2.03. The third kappa shape index (κ3) is 3.12. The number of nitrogens with one attached hydrogen (secondary N) is 1. The van der Waals surface area contributed by atoms with Crippen molar-refractivity contribution >= 4 is 44.4 Å². The van der Waals surface area contributed by atoms with Gasteiger partial charge in [-0.2, -0.15) is 0 Å². The van der Waals surface area contributed by atoms with Gasteiger partial charge in [0.2, 0.25) is 0 Å². The van der Waals surface area contributed by atoms with Gasteiger partial charge >= 0.3 is 0 Å². The van der Waals surface area contributed by atoms with Crippen LogP contribution in [0.2, 0.25) is 5.02 Å². The minimum atomic E-state index is -0.252. The highest BCUT2D eigenvalue weighted by molar-refractivity contribution is 9.10. The summed E-state index contributed by atoms with van der Waals surface area (Å²) in [5, 5.41) is 4.26. The first kappa shape index (κ1) is 14.2. The summed E-state index contributed by atoms with van der Waals surface area (Å²) in [6, 6.07) is 14.7. The van der Waals surface area contributed by atoms with Gasteiger partial charge in [0, 0.05) is 21.4 Å². The molecule has 106 valence electrons. The molecule has 3 rings (SSSR count). The van der Waals surface area contributed by atoms with Gasteiger partial charge in [0.15, 0.2) is 5.76 Å². The molecular formula is C16H11BrClNO2. The third-order valence-electron chi connectivity index (χ3n) is 3.10. The molecule has 5 heteroatoms. The van der Waals surface area contributed by atoms with Crippen molar-refractivity contribution in [1.29, 1.82) is 0 Å². The van der Waals surface area contributed by atoms with Gasteiger partial charge in [-0.15, -0.1) is 0 Å². The first-order valence-electron chi connectivity index (χ1n) is 6.34. The molecule has 0 aliphatic carbocycles. The summed E-state index contributed by atoms with van der Waals surface area (Å²) in [7, 11) is 0. The van der Waals surface area contributed by atoms with E-state index in [4.69, 9.17) is 16.0 Å². The molecule has 3 aromatic rings. The van der Waals surface area contributed by atoms with Gasteiger partial charge in [0.05, 0.1) is 0 Å². The van der Waals surface area contributed by atoms with Crippen LogP contribution in [-0.2, 0) is 6.54 Å². The molecule has 0 aliphatic heterocycles. The van der Waals surface area contributed by atoms with Crippen LogP contribution in [0.5, 0.6) is 0 Å². The minimum absolute atomic E-state index is 0.252. The Balaban J connectivity index is 1.76. The van der Waals surface area contributed by atoms with E-state index in [2.05, 4.69) is 21.2 Å². The maximum absolute atomic E-state index is 12.1. The molecule has 0 radical (unpaired) electrons. The molecule has 3 nitrogen and oxygen atoms in total. The van der Waals surface area contributed by atoms with Gasteiger partial charge in [-0.05, 0) is 35.9 Å². The van der Waals surface area contributed by atoms with Crippen molar-refractivity contribution in [2.75, 3.05) is 0 Å². The SMILES string of the molecule is O=C(NCc1ccccc1Br)c1cc2cc(Cl)ccc2o1. The summed E-state index contributed by atoms with van der Waals surface area (Å²) in [4.78, 5) is 12.1. The van der Waals surface area contributed by atoms with Crippen molar-refractivity contribution in [2.24, 2.45) is 0 Å². The number of carbonyl (C=O) groups is 1. The molecule has 0 aliphatic rings. The topological polar surface area (TPSA) is 42.2 Å². The highest BCUT2D eigenvalue weighted by atomic mass is 79.9. The highest BCUT2D eigenvalue weighted by Gasteiger charge is 2.12. The van der Waals surface area contributed by atoms with E-state index in [1.54, 1.807) is 24.3 Å². The Labute approximate surface area is 135 Å². The zero-order valence-electron chi connectivity index (χ0n) is 10.9. The summed E-state index contributed by atoms with van der Waals surface area (Å²) in [6.45, 7) is 0.429. The van der Waals surface area contributed by atoms with Crippen molar-refractivity contribution in [3.05, 3.63) is 69.3 Å². The highest BCUT2D eigenvalue weighted by Crippen LogP contribution is 2.23. The van der Waals surface area contributed by atoms with Gasteiger partial charge in [-0.1, -0.05) is 45.7 Å². The van der Waals surface area contributed by atoms with Gasteiger partial charge in [-0.25, -0.2) is 0 Å². The summed E-state index contributed by atoms with van der Waals surface area (Å²) in [6.07, 6.45) is 0. The van der Waals surface area contributed by atoms with E-state index in [0.29, 0.717) is 17.2 Å². The standard InChI is InChI=1S/C16H11BrClNO2/c17-13-4-2-1-3-10(13)9-19-16(20)15-8-11-7-12(18)5-6-14(11)21-15/h1-8H,9H2,(H,19,20). The second-order valence-corrected chi connectivity index (χ2v) is 5.86. The largest absolute Gasteiger partial charge is 0.451 e. The van der Waals surface area contributed by atoms with E-state index < -0.39 is 0 Å². The van der Waals surface area contributed by atoms with Crippen molar-refractivity contribution in [3.8, 4) is 0 Å². The molecule has 0 fully saturated rings. The second kappa shape index (κ2) is 5.92.